The second kappa shape index (κ2) is 9.34. The summed E-state index contributed by atoms with van der Waals surface area (Å²) >= 11 is 0. The van der Waals surface area contributed by atoms with Crippen molar-refractivity contribution in [1.82, 2.24) is 10.6 Å². The van der Waals surface area contributed by atoms with Crippen molar-refractivity contribution in [2.45, 2.75) is 51.6 Å². The van der Waals surface area contributed by atoms with Crippen molar-refractivity contribution in [2.24, 2.45) is 34.2 Å². The Morgan fingerprint density at radius 1 is 1.15 bits per heavy atom. The zero-order chi connectivity index (χ0) is 20.0. The quantitative estimate of drug-likeness (QED) is 0.360. The highest BCUT2D eigenvalue weighted by Gasteiger charge is 2.48. The minimum atomic E-state index is -0.698. The van der Waals surface area contributed by atoms with E-state index in [9.17, 15) is 9.59 Å². The smallest absolute Gasteiger partial charge is 0.270 e. The Labute approximate surface area is 160 Å². The molecule has 2 saturated carbocycles. The van der Waals surface area contributed by atoms with E-state index in [-0.39, 0.29) is 29.3 Å². The maximum atomic E-state index is 12.9. The zero-order valence-electron chi connectivity index (χ0n) is 15.9. The number of rotatable bonds is 10. The van der Waals surface area contributed by atoms with Gasteiger partial charge in [-0.15, -0.1) is 0 Å². The summed E-state index contributed by atoms with van der Waals surface area (Å²) in [6.07, 6.45) is 9.12. The van der Waals surface area contributed by atoms with Gasteiger partial charge in [0.05, 0.1) is 5.70 Å². The molecule has 0 aromatic heterocycles. The second-order valence-corrected chi connectivity index (χ2v) is 7.43. The molecule has 0 radical (unpaired) electrons. The van der Waals surface area contributed by atoms with Gasteiger partial charge in [-0.2, -0.15) is 0 Å². The predicted molar refractivity (Wildman–Crippen MR) is 106 cm³/mol. The highest BCUT2D eigenvalue weighted by atomic mass is 16.2. The van der Waals surface area contributed by atoms with E-state index in [0.29, 0.717) is 11.8 Å². The minimum Gasteiger partial charge on any atom is -0.405 e. The van der Waals surface area contributed by atoms with Gasteiger partial charge in [0.1, 0.15) is 11.8 Å². The molecular weight excluding hydrogens is 344 g/mol. The topological polar surface area (TPSA) is 146 Å². The molecule has 0 aromatic rings. The maximum absolute atomic E-state index is 12.9. The van der Waals surface area contributed by atoms with Crippen molar-refractivity contribution >= 4 is 23.7 Å². The number of nitrogens with two attached hydrogens (primary N) is 2. The summed E-state index contributed by atoms with van der Waals surface area (Å²) in [4.78, 5) is 30.0. The number of hydrogen-bond acceptors (Lipinski definition) is 6. The van der Waals surface area contributed by atoms with Gasteiger partial charge in [0.25, 0.3) is 5.91 Å². The molecule has 0 aromatic carbocycles. The summed E-state index contributed by atoms with van der Waals surface area (Å²) in [7, 11) is 0. The Balaban J connectivity index is 2.24. The minimum absolute atomic E-state index is 0.0819. The number of carbonyl (C=O) groups excluding carboxylic acids is 2. The molecule has 0 bridgehead atoms. The lowest BCUT2D eigenvalue weighted by Crippen LogP contribution is -2.53. The first-order valence-electron chi connectivity index (χ1n) is 9.41. The van der Waals surface area contributed by atoms with Crippen LogP contribution in [-0.4, -0.2) is 35.8 Å². The van der Waals surface area contributed by atoms with Crippen molar-refractivity contribution in [1.29, 1.82) is 5.41 Å². The Kier molecular flexibility index (Phi) is 7.15. The molecule has 148 valence electrons. The third-order valence-electron chi connectivity index (χ3n) is 4.77. The molecule has 0 unspecified atom stereocenters. The molecule has 2 rings (SSSR count). The highest BCUT2D eigenvalue weighted by Crippen LogP contribution is 2.50. The molecule has 8 heteroatoms. The Bertz CT molecular complexity index is 647. The van der Waals surface area contributed by atoms with E-state index in [1.54, 1.807) is 0 Å². The van der Waals surface area contributed by atoms with Gasteiger partial charge in [0.15, 0.2) is 0 Å². The maximum Gasteiger partial charge on any atom is 0.270 e. The first-order valence-corrected chi connectivity index (χ1v) is 9.41. The molecule has 8 nitrogen and oxygen atoms in total. The molecule has 7 N–H and O–H groups in total. The predicted octanol–water partition coefficient (Wildman–Crippen LogP) is 0.795. The molecule has 0 heterocycles. The van der Waals surface area contributed by atoms with Gasteiger partial charge >= 0.3 is 0 Å². The Hall–Kier alpha value is -2.64. The van der Waals surface area contributed by atoms with Crippen LogP contribution in [0.15, 0.2) is 29.2 Å². The van der Waals surface area contributed by atoms with E-state index < -0.39 is 11.9 Å². The van der Waals surface area contributed by atoms with Gasteiger partial charge in [0.2, 0.25) is 5.91 Å². The summed E-state index contributed by atoms with van der Waals surface area (Å²) < 4.78 is 0. The van der Waals surface area contributed by atoms with E-state index in [1.807, 2.05) is 13.8 Å². The number of carbonyl (C=O) groups is 2. The monoisotopic (exact) mass is 374 g/mol. The molecule has 2 aliphatic carbocycles. The average molecular weight is 374 g/mol. The van der Waals surface area contributed by atoms with Gasteiger partial charge in [-0.3, -0.25) is 14.6 Å². The molecule has 2 aliphatic rings. The van der Waals surface area contributed by atoms with E-state index in [1.165, 1.54) is 12.3 Å². The van der Waals surface area contributed by atoms with Crippen LogP contribution in [0.25, 0.3) is 0 Å². The number of nitrogens with zero attached hydrogens (tertiary/aromatic N) is 1. The number of amides is 2. The molecule has 2 fully saturated rings. The summed E-state index contributed by atoms with van der Waals surface area (Å²) in [5.41, 5.74) is 11.3. The van der Waals surface area contributed by atoms with Gasteiger partial charge in [0, 0.05) is 18.5 Å². The average Bonchev–Trinajstić information content (AvgIpc) is 3.52. The number of hydrogen-bond donors (Lipinski definition) is 5. The molecular formula is C19H30N6O2. The lowest BCUT2D eigenvalue weighted by atomic mass is 9.88. The summed E-state index contributed by atoms with van der Waals surface area (Å²) in [6.45, 7) is 3.73. The van der Waals surface area contributed by atoms with Crippen molar-refractivity contribution in [2.75, 3.05) is 0 Å². The lowest BCUT2D eigenvalue weighted by Gasteiger charge is -2.27. The van der Waals surface area contributed by atoms with Crippen molar-refractivity contribution < 1.29 is 9.59 Å². The molecule has 1 atom stereocenters. The normalized spacial score (nSPS) is 19.4. The van der Waals surface area contributed by atoms with Gasteiger partial charge in [-0.05, 0) is 69.6 Å². The van der Waals surface area contributed by atoms with Gasteiger partial charge in [-0.25, -0.2) is 0 Å². The fourth-order valence-electron chi connectivity index (χ4n) is 3.34. The summed E-state index contributed by atoms with van der Waals surface area (Å²) in [5.74, 6) is 0.183. The first-order chi connectivity index (χ1) is 12.9. The Morgan fingerprint density at radius 3 is 2.15 bits per heavy atom. The van der Waals surface area contributed by atoms with Crippen LogP contribution in [0.3, 0.4) is 0 Å². The number of allylic oxidation sites excluding steroid dienone is 1. The van der Waals surface area contributed by atoms with Crippen LogP contribution >= 0.6 is 0 Å². The fraction of sp³-hybridized carbons (Fsp3) is 0.579. The van der Waals surface area contributed by atoms with E-state index in [2.05, 4.69) is 15.6 Å². The summed E-state index contributed by atoms with van der Waals surface area (Å²) in [5, 5.41) is 12.8. The van der Waals surface area contributed by atoms with Crippen LogP contribution in [0.5, 0.6) is 0 Å². The number of aliphatic imine (C=N–C) groups is 1. The van der Waals surface area contributed by atoms with E-state index in [4.69, 9.17) is 16.9 Å². The molecule has 0 spiro atoms. The van der Waals surface area contributed by atoms with Crippen LogP contribution in [-0.2, 0) is 9.59 Å². The summed E-state index contributed by atoms with van der Waals surface area (Å²) in [6, 6.07) is -0.780. The SMILES string of the molecule is CC(C)N=C(C=CN)C(=O)N[C@H](C(=O)N/C(C=N)=C/N)C(C1CC1)C1CC1. The van der Waals surface area contributed by atoms with Crippen LogP contribution in [0.4, 0.5) is 0 Å². The second-order valence-electron chi connectivity index (χ2n) is 7.43. The number of nitrogens with one attached hydrogen (secondary N) is 3. The van der Waals surface area contributed by atoms with Crippen molar-refractivity contribution in [3.63, 3.8) is 0 Å². The third kappa shape index (κ3) is 5.94. The Morgan fingerprint density at radius 2 is 1.74 bits per heavy atom. The third-order valence-corrected chi connectivity index (χ3v) is 4.77. The molecule has 27 heavy (non-hydrogen) atoms. The van der Waals surface area contributed by atoms with Crippen LogP contribution in [0, 0.1) is 23.2 Å². The lowest BCUT2D eigenvalue weighted by molar-refractivity contribution is -0.127. The van der Waals surface area contributed by atoms with Crippen LogP contribution < -0.4 is 22.1 Å². The zero-order valence-corrected chi connectivity index (χ0v) is 15.9. The standard InChI is InChI=1S/C19H30N6O2/c1-11(2)23-15(7-8-20)18(26)25-17(19(27)24-14(9-21)10-22)16(12-3-4-12)13-5-6-13/h7-13,16-17,21H,3-6,20,22H2,1-2H3,(H,24,27)(H,25,26)/b8-7?,14-10+,21-9?,23-15?/t17-/m0/s1. The molecule has 0 aliphatic heterocycles. The van der Waals surface area contributed by atoms with E-state index in [0.717, 1.165) is 38.1 Å². The van der Waals surface area contributed by atoms with Gasteiger partial charge in [-0.1, -0.05) is 0 Å². The largest absolute Gasteiger partial charge is 0.405 e. The van der Waals surface area contributed by atoms with Crippen LogP contribution in [0.2, 0.25) is 0 Å². The highest BCUT2D eigenvalue weighted by molar-refractivity contribution is 6.43. The van der Waals surface area contributed by atoms with Crippen molar-refractivity contribution in [3.05, 3.63) is 24.2 Å². The van der Waals surface area contributed by atoms with E-state index >= 15 is 0 Å². The van der Waals surface area contributed by atoms with Crippen molar-refractivity contribution in [3.8, 4) is 0 Å². The molecule has 0 saturated heterocycles. The van der Waals surface area contributed by atoms with Crippen LogP contribution in [0.1, 0.15) is 39.5 Å². The molecule has 2 amide bonds. The first kappa shape index (κ1) is 20.7. The fourth-order valence-corrected chi connectivity index (χ4v) is 3.34. The van der Waals surface area contributed by atoms with Gasteiger partial charge < -0.3 is 27.5 Å².